The maximum atomic E-state index is 12.4. The quantitative estimate of drug-likeness (QED) is 0.307. The predicted octanol–water partition coefficient (Wildman–Crippen LogP) is 8.44. The summed E-state index contributed by atoms with van der Waals surface area (Å²) in [4.78, 5) is 24.7. The zero-order chi connectivity index (χ0) is 26.9. The molecule has 0 amide bonds. The number of fused-ring (bicyclic) bond motifs is 2. The minimum Gasteiger partial charge on any atom is -0.481 e. The van der Waals surface area contributed by atoms with Crippen LogP contribution in [0, 0.1) is 10.8 Å². The molecule has 2 aliphatic carbocycles. The zero-order valence-electron chi connectivity index (χ0n) is 23.0. The minimum absolute atomic E-state index is 0.00944. The number of carbonyl (C=O) groups excluding carboxylic acids is 2. The van der Waals surface area contributed by atoms with Crippen molar-refractivity contribution >= 4 is 11.6 Å². The van der Waals surface area contributed by atoms with Gasteiger partial charge in [0.05, 0.1) is 11.1 Å². The van der Waals surface area contributed by atoms with E-state index in [0.29, 0.717) is 17.1 Å². The molecule has 38 heavy (non-hydrogen) atoms. The highest BCUT2D eigenvalue weighted by molar-refractivity contribution is 6.12. The van der Waals surface area contributed by atoms with Gasteiger partial charge in [0.15, 0.2) is 11.9 Å². The second-order valence-electron chi connectivity index (χ2n) is 11.6. The molecular formula is C34H38O4. The number of para-hydroxylation sites is 2. The van der Waals surface area contributed by atoms with E-state index in [1.165, 1.54) is 30.4 Å². The fraction of sp³-hybridized carbons (Fsp3) is 0.412. The Morgan fingerprint density at radius 2 is 1.47 bits per heavy atom. The Hall–Kier alpha value is -3.40. The van der Waals surface area contributed by atoms with E-state index >= 15 is 0 Å². The molecular weight excluding hydrogens is 472 g/mol. The molecule has 0 saturated carbocycles. The fourth-order valence-corrected chi connectivity index (χ4v) is 6.04. The lowest BCUT2D eigenvalue weighted by Crippen LogP contribution is -2.32. The summed E-state index contributed by atoms with van der Waals surface area (Å²) in [6.07, 6.45) is 14.0. The van der Waals surface area contributed by atoms with Crippen LogP contribution in [0.2, 0.25) is 0 Å². The first kappa shape index (κ1) is 26.2. The number of allylic oxidation sites excluding steroid dienone is 6. The molecule has 0 fully saturated rings. The molecule has 0 aromatic heterocycles. The molecule has 2 aromatic carbocycles. The summed E-state index contributed by atoms with van der Waals surface area (Å²) in [6.45, 7) is 8.77. The van der Waals surface area contributed by atoms with Crippen LogP contribution in [0.15, 0.2) is 83.7 Å². The van der Waals surface area contributed by atoms with Crippen LogP contribution in [-0.4, -0.2) is 17.7 Å². The number of ether oxygens (including phenoxy) is 2. The lowest BCUT2D eigenvalue weighted by atomic mass is 9.71. The number of rotatable bonds is 3. The van der Waals surface area contributed by atoms with Gasteiger partial charge < -0.3 is 9.47 Å². The van der Waals surface area contributed by atoms with Gasteiger partial charge in [-0.2, -0.15) is 0 Å². The van der Waals surface area contributed by atoms with Gasteiger partial charge in [0, 0.05) is 11.8 Å². The van der Waals surface area contributed by atoms with Gasteiger partial charge >= 0.3 is 0 Å². The lowest BCUT2D eigenvalue weighted by Gasteiger charge is -2.35. The largest absolute Gasteiger partial charge is 0.481 e. The maximum absolute atomic E-state index is 12.4. The van der Waals surface area contributed by atoms with Crippen LogP contribution < -0.4 is 9.47 Å². The molecule has 4 aliphatic rings. The van der Waals surface area contributed by atoms with Crippen molar-refractivity contribution in [1.82, 2.24) is 0 Å². The van der Waals surface area contributed by atoms with Crippen molar-refractivity contribution in [3.63, 3.8) is 0 Å². The average molecular weight is 511 g/mol. The molecule has 3 atom stereocenters. The van der Waals surface area contributed by atoms with Crippen LogP contribution in [0.25, 0.3) is 0 Å². The van der Waals surface area contributed by atoms with Crippen molar-refractivity contribution in [2.24, 2.45) is 10.8 Å². The van der Waals surface area contributed by atoms with Gasteiger partial charge in [-0.05, 0) is 88.1 Å². The van der Waals surface area contributed by atoms with Crippen LogP contribution in [0.5, 0.6) is 11.5 Å². The summed E-state index contributed by atoms with van der Waals surface area (Å²) in [5.41, 5.74) is 4.22. The normalized spacial score (nSPS) is 28.8. The SMILES string of the molecule is CC1=CCCC[C@@]1(C)/C=C1\Oc2ccccc2C1=O.CC1=CCCC[C@@]1(C)CC1Oc2ccccc2C1=O. The molecule has 2 aliphatic heterocycles. The standard InChI is InChI=1S/C17H20O2.C17H18O2/c2*1-12-7-5-6-10-17(12,2)11-15-16(18)13-8-3-4-9-14(13)19-15/h3-4,7-9,15H,5-6,10-11H2,1-2H3;3-4,7-9,11H,5-6,10H2,1-2H3/b;15-11-/t15?,17-;17-/m00/s1. The molecule has 0 N–H and O–H groups in total. The first-order valence-electron chi connectivity index (χ1n) is 13.9. The molecule has 4 heteroatoms. The molecule has 0 radical (unpaired) electrons. The van der Waals surface area contributed by atoms with Gasteiger partial charge in [-0.3, -0.25) is 9.59 Å². The number of hydrogen-bond acceptors (Lipinski definition) is 4. The molecule has 4 nitrogen and oxygen atoms in total. The maximum Gasteiger partial charge on any atom is 0.231 e. The topological polar surface area (TPSA) is 52.6 Å². The van der Waals surface area contributed by atoms with Crippen molar-refractivity contribution < 1.29 is 19.1 Å². The van der Waals surface area contributed by atoms with E-state index in [-0.39, 0.29) is 28.5 Å². The zero-order valence-corrected chi connectivity index (χ0v) is 23.0. The van der Waals surface area contributed by atoms with Gasteiger partial charge in [0.25, 0.3) is 0 Å². The molecule has 0 saturated heterocycles. The second kappa shape index (κ2) is 10.4. The van der Waals surface area contributed by atoms with Crippen LogP contribution in [0.4, 0.5) is 0 Å². The average Bonchev–Trinajstić information content (AvgIpc) is 3.39. The van der Waals surface area contributed by atoms with E-state index in [2.05, 4.69) is 39.8 Å². The number of carbonyl (C=O) groups is 2. The van der Waals surface area contributed by atoms with Crippen LogP contribution in [0.3, 0.4) is 0 Å². The third-order valence-electron chi connectivity index (χ3n) is 8.96. The van der Waals surface area contributed by atoms with Gasteiger partial charge in [-0.25, -0.2) is 0 Å². The monoisotopic (exact) mass is 510 g/mol. The number of ketones is 2. The van der Waals surface area contributed by atoms with Gasteiger partial charge in [-0.1, -0.05) is 61.4 Å². The Morgan fingerprint density at radius 3 is 2.13 bits per heavy atom. The van der Waals surface area contributed by atoms with Crippen molar-refractivity contribution in [1.29, 1.82) is 0 Å². The molecule has 2 aromatic rings. The van der Waals surface area contributed by atoms with Gasteiger partial charge in [0.1, 0.15) is 11.5 Å². The third-order valence-corrected chi connectivity index (χ3v) is 8.96. The highest BCUT2D eigenvalue weighted by atomic mass is 16.5. The summed E-state index contributed by atoms with van der Waals surface area (Å²) >= 11 is 0. The molecule has 1 unspecified atom stereocenters. The second-order valence-corrected chi connectivity index (χ2v) is 11.6. The van der Waals surface area contributed by atoms with Crippen molar-refractivity contribution in [3.8, 4) is 11.5 Å². The molecule has 0 spiro atoms. The molecule has 198 valence electrons. The van der Waals surface area contributed by atoms with Gasteiger partial charge in [0.2, 0.25) is 11.6 Å². The number of benzene rings is 2. The van der Waals surface area contributed by atoms with E-state index in [4.69, 9.17) is 9.47 Å². The minimum atomic E-state index is -0.302. The van der Waals surface area contributed by atoms with E-state index < -0.39 is 0 Å². The molecule has 2 heterocycles. The van der Waals surface area contributed by atoms with Crippen molar-refractivity contribution in [3.05, 3.63) is 94.8 Å². The van der Waals surface area contributed by atoms with E-state index in [1.54, 1.807) is 0 Å². The highest BCUT2D eigenvalue weighted by Gasteiger charge is 2.39. The Labute approximate surface area is 226 Å². The predicted molar refractivity (Wildman–Crippen MR) is 151 cm³/mol. The third kappa shape index (κ3) is 5.01. The fourth-order valence-electron chi connectivity index (χ4n) is 6.04. The van der Waals surface area contributed by atoms with Crippen molar-refractivity contribution in [2.75, 3.05) is 0 Å². The number of hydrogen-bond donors (Lipinski definition) is 0. The number of Topliss-reactive ketones (excluding diaryl/α,β-unsaturated/α-hetero) is 2. The summed E-state index contributed by atoms with van der Waals surface area (Å²) < 4.78 is 11.6. The van der Waals surface area contributed by atoms with Gasteiger partial charge in [-0.15, -0.1) is 0 Å². The summed E-state index contributed by atoms with van der Waals surface area (Å²) in [6, 6.07) is 15.0. The van der Waals surface area contributed by atoms with Crippen molar-refractivity contribution in [2.45, 2.75) is 78.7 Å². The first-order chi connectivity index (χ1) is 18.2. The summed E-state index contributed by atoms with van der Waals surface area (Å²) in [5.74, 6) is 2.07. The Kier molecular flexibility index (Phi) is 7.17. The first-order valence-corrected chi connectivity index (χ1v) is 13.9. The van der Waals surface area contributed by atoms with E-state index in [9.17, 15) is 9.59 Å². The molecule has 0 bridgehead atoms. The Bertz CT molecular complexity index is 1350. The lowest BCUT2D eigenvalue weighted by molar-refractivity contribution is 0.0777. The summed E-state index contributed by atoms with van der Waals surface area (Å²) in [5, 5.41) is 0. The Balaban J connectivity index is 0.000000155. The highest BCUT2D eigenvalue weighted by Crippen LogP contribution is 2.44. The van der Waals surface area contributed by atoms with E-state index in [1.807, 2.05) is 54.6 Å². The van der Waals surface area contributed by atoms with E-state index in [0.717, 1.165) is 37.0 Å². The van der Waals surface area contributed by atoms with Crippen LogP contribution in [-0.2, 0) is 0 Å². The van der Waals surface area contributed by atoms with Crippen LogP contribution in [0.1, 0.15) is 93.4 Å². The Morgan fingerprint density at radius 1 is 0.842 bits per heavy atom. The smallest absolute Gasteiger partial charge is 0.231 e. The van der Waals surface area contributed by atoms with Crippen LogP contribution >= 0.6 is 0 Å². The molecule has 6 rings (SSSR count). The summed E-state index contributed by atoms with van der Waals surface area (Å²) in [7, 11) is 0.